The van der Waals surface area contributed by atoms with Gasteiger partial charge in [-0.3, -0.25) is 0 Å². The van der Waals surface area contributed by atoms with E-state index in [-0.39, 0.29) is 0 Å². The third-order valence-corrected chi connectivity index (χ3v) is 2.41. The van der Waals surface area contributed by atoms with Crippen molar-refractivity contribution in [3.8, 4) is 0 Å². The average Bonchev–Trinajstić information content (AvgIpc) is 2.39. The normalized spacial score (nSPS) is 10.1. The molecule has 0 fully saturated rings. The number of hydrogen-bond donors (Lipinski definition) is 1. The highest BCUT2D eigenvalue weighted by molar-refractivity contribution is 5.56. The predicted octanol–water partition coefficient (Wildman–Crippen LogP) is 1.70. The van der Waals surface area contributed by atoms with Gasteiger partial charge in [0.1, 0.15) is 0 Å². The van der Waals surface area contributed by atoms with Gasteiger partial charge in [-0.05, 0) is 23.8 Å². The number of rotatable bonds is 3. The number of benzene rings is 1. The van der Waals surface area contributed by atoms with Crippen molar-refractivity contribution < 1.29 is 0 Å². The quantitative estimate of drug-likeness (QED) is 0.845. The lowest BCUT2D eigenvalue weighted by Crippen LogP contribution is -2.12. The van der Waals surface area contributed by atoms with E-state index in [0.717, 1.165) is 11.3 Å². The van der Waals surface area contributed by atoms with Crippen LogP contribution in [0, 0.1) is 0 Å². The van der Waals surface area contributed by atoms with Gasteiger partial charge in [-0.1, -0.05) is 12.1 Å². The van der Waals surface area contributed by atoms with E-state index in [2.05, 4.69) is 9.97 Å². The van der Waals surface area contributed by atoms with Crippen molar-refractivity contribution in [2.45, 2.75) is 6.54 Å². The van der Waals surface area contributed by atoms with Gasteiger partial charge >= 0.3 is 0 Å². The van der Waals surface area contributed by atoms with Crippen LogP contribution in [-0.2, 0) is 6.54 Å². The number of hydrogen-bond acceptors (Lipinski definition) is 4. The average molecular weight is 214 g/mol. The highest BCUT2D eigenvalue weighted by atomic mass is 15.2. The maximum atomic E-state index is 5.55. The molecule has 1 aromatic carbocycles. The van der Waals surface area contributed by atoms with Crippen molar-refractivity contribution in [2.24, 2.45) is 5.73 Å². The van der Waals surface area contributed by atoms with Crippen LogP contribution in [0.15, 0.2) is 42.7 Å². The molecule has 0 saturated carbocycles. The van der Waals surface area contributed by atoms with Crippen molar-refractivity contribution in [1.29, 1.82) is 0 Å². The molecule has 0 bridgehead atoms. The Morgan fingerprint density at radius 3 is 2.31 bits per heavy atom. The molecule has 2 N–H and O–H groups in total. The fraction of sp³-hybridized carbons (Fsp3) is 0.167. The summed E-state index contributed by atoms with van der Waals surface area (Å²) >= 11 is 0. The van der Waals surface area contributed by atoms with Gasteiger partial charge in [0.2, 0.25) is 5.95 Å². The second-order valence-electron chi connectivity index (χ2n) is 3.48. The van der Waals surface area contributed by atoms with E-state index in [1.807, 2.05) is 36.2 Å². The summed E-state index contributed by atoms with van der Waals surface area (Å²) in [7, 11) is 1.94. The van der Waals surface area contributed by atoms with Gasteiger partial charge in [-0.25, -0.2) is 9.97 Å². The Kier molecular flexibility index (Phi) is 3.12. The summed E-state index contributed by atoms with van der Waals surface area (Å²) in [5.74, 6) is 0.683. The maximum absolute atomic E-state index is 5.55. The number of anilines is 2. The molecule has 1 aromatic heterocycles. The standard InChI is InChI=1S/C12H14N4/c1-16(12-14-7-2-8-15-12)11-5-3-10(9-13)4-6-11/h2-8H,9,13H2,1H3. The second kappa shape index (κ2) is 4.72. The lowest BCUT2D eigenvalue weighted by Gasteiger charge is -2.16. The van der Waals surface area contributed by atoms with Crippen LogP contribution in [0.2, 0.25) is 0 Å². The van der Waals surface area contributed by atoms with Crippen molar-refractivity contribution in [3.05, 3.63) is 48.3 Å². The van der Waals surface area contributed by atoms with E-state index in [4.69, 9.17) is 5.73 Å². The Hall–Kier alpha value is -1.94. The van der Waals surface area contributed by atoms with Crippen LogP contribution in [0.3, 0.4) is 0 Å². The first-order valence-electron chi connectivity index (χ1n) is 5.11. The summed E-state index contributed by atoms with van der Waals surface area (Å²) in [5, 5.41) is 0. The zero-order chi connectivity index (χ0) is 11.4. The Labute approximate surface area is 94.8 Å². The molecule has 1 heterocycles. The zero-order valence-corrected chi connectivity index (χ0v) is 9.17. The smallest absolute Gasteiger partial charge is 0.229 e. The van der Waals surface area contributed by atoms with Crippen LogP contribution in [0.5, 0.6) is 0 Å². The molecule has 0 radical (unpaired) electrons. The summed E-state index contributed by atoms with van der Waals surface area (Å²) in [6.07, 6.45) is 3.46. The first kappa shape index (κ1) is 10.6. The second-order valence-corrected chi connectivity index (χ2v) is 3.48. The van der Waals surface area contributed by atoms with E-state index in [0.29, 0.717) is 12.5 Å². The van der Waals surface area contributed by atoms with E-state index < -0.39 is 0 Å². The Morgan fingerprint density at radius 2 is 1.75 bits per heavy atom. The SMILES string of the molecule is CN(c1ccc(CN)cc1)c1ncccn1. The molecule has 82 valence electrons. The zero-order valence-electron chi connectivity index (χ0n) is 9.17. The molecule has 0 aliphatic carbocycles. The van der Waals surface area contributed by atoms with Crippen LogP contribution in [-0.4, -0.2) is 17.0 Å². The van der Waals surface area contributed by atoms with Gasteiger partial charge in [-0.2, -0.15) is 0 Å². The molecule has 4 heteroatoms. The van der Waals surface area contributed by atoms with E-state index in [1.54, 1.807) is 18.5 Å². The molecule has 0 unspecified atom stereocenters. The van der Waals surface area contributed by atoms with Crippen molar-refractivity contribution in [3.63, 3.8) is 0 Å². The van der Waals surface area contributed by atoms with Crippen LogP contribution >= 0.6 is 0 Å². The first-order chi connectivity index (χ1) is 7.81. The topological polar surface area (TPSA) is 55.0 Å². The molecule has 0 aliphatic rings. The summed E-state index contributed by atoms with van der Waals surface area (Å²) in [4.78, 5) is 10.3. The summed E-state index contributed by atoms with van der Waals surface area (Å²) in [6, 6.07) is 9.84. The van der Waals surface area contributed by atoms with Gasteiger partial charge in [0.05, 0.1) is 0 Å². The van der Waals surface area contributed by atoms with Crippen molar-refractivity contribution >= 4 is 11.6 Å². The molecular weight excluding hydrogens is 200 g/mol. The fourth-order valence-electron chi connectivity index (χ4n) is 1.44. The monoisotopic (exact) mass is 214 g/mol. The fourth-order valence-corrected chi connectivity index (χ4v) is 1.44. The summed E-state index contributed by atoms with van der Waals surface area (Å²) in [6.45, 7) is 0.561. The minimum absolute atomic E-state index is 0.561. The van der Waals surface area contributed by atoms with Gasteiger partial charge < -0.3 is 10.6 Å². The number of nitrogens with two attached hydrogens (primary N) is 1. The molecule has 0 spiro atoms. The molecule has 4 nitrogen and oxygen atoms in total. The molecule has 0 amide bonds. The summed E-state index contributed by atoms with van der Waals surface area (Å²) < 4.78 is 0. The van der Waals surface area contributed by atoms with Gasteiger partial charge in [-0.15, -0.1) is 0 Å². The van der Waals surface area contributed by atoms with Crippen LogP contribution in [0.1, 0.15) is 5.56 Å². The van der Waals surface area contributed by atoms with Gasteiger partial charge in [0.15, 0.2) is 0 Å². The van der Waals surface area contributed by atoms with Crippen molar-refractivity contribution in [2.75, 3.05) is 11.9 Å². The lowest BCUT2D eigenvalue weighted by atomic mass is 10.2. The maximum Gasteiger partial charge on any atom is 0.229 e. The highest BCUT2D eigenvalue weighted by Gasteiger charge is 2.05. The molecule has 0 aliphatic heterocycles. The van der Waals surface area contributed by atoms with Gasteiger partial charge in [0.25, 0.3) is 0 Å². The Bertz CT molecular complexity index is 438. The van der Waals surface area contributed by atoms with E-state index in [9.17, 15) is 0 Å². The van der Waals surface area contributed by atoms with Gasteiger partial charge in [0, 0.05) is 31.7 Å². The lowest BCUT2D eigenvalue weighted by molar-refractivity contribution is 1.03. The molecule has 0 saturated heterocycles. The third-order valence-electron chi connectivity index (χ3n) is 2.41. The van der Waals surface area contributed by atoms with Crippen molar-refractivity contribution in [1.82, 2.24) is 9.97 Å². The minimum atomic E-state index is 0.561. The highest BCUT2D eigenvalue weighted by Crippen LogP contribution is 2.19. The molecule has 2 rings (SSSR count). The summed E-state index contributed by atoms with van der Waals surface area (Å²) in [5.41, 5.74) is 7.71. The van der Waals surface area contributed by atoms with Crippen LogP contribution < -0.4 is 10.6 Å². The molecule has 0 atom stereocenters. The minimum Gasteiger partial charge on any atom is -0.326 e. The predicted molar refractivity (Wildman–Crippen MR) is 64.4 cm³/mol. The van der Waals surface area contributed by atoms with Crippen LogP contribution in [0.25, 0.3) is 0 Å². The number of nitrogens with zero attached hydrogens (tertiary/aromatic N) is 3. The molecular formula is C12H14N4. The van der Waals surface area contributed by atoms with E-state index in [1.165, 1.54) is 0 Å². The Morgan fingerprint density at radius 1 is 1.12 bits per heavy atom. The number of aromatic nitrogens is 2. The third kappa shape index (κ3) is 2.17. The molecule has 16 heavy (non-hydrogen) atoms. The molecule has 2 aromatic rings. The largest absolute Gasteiger partial charge is 0.326 e. The van der Waals surface area contributed by atoms with Crippen LogP contribution in [0.4, 0.5) is 11.6 Å². The van der Waals surface area contributed by atoms with E-state index >= 15 is 0 Å². The Balaban J connectivity index is 2.24. The first-order valence-corrected chi connectivity index (χ1v) is 5.11.